The number of carbonyl (C=O) groups is 1. The number of esters is 1. The van der Waals surface area contributed by atoms with Gasteiger partial charge in [0.15, 0.2) is 11.6 Å². The number of piperidine rings is 1. The molecule has 1 heterocycles. The van der Waals surface area contributed by atoms with Gasteiger partial charge in [0.2, 0.25) is 0 Å². The molecule has 19 heavy (non-hydrogen) atoms. The Labute approximate surface area is 111 Å². The molecule has 1 aliphatic rings. The van der Waals surface area contributed by atoms with Gasteiger partial charge >= 0.3 is 5.97 Å². The van der Waals surface area contributed by atoms with Crippen LogP contribution in [0, 0.1) is 11.6 Å². The van der Waals surface area contributed by atoms with Crippen LogP contribution in [-0.2, 0) is 16.1 Å². The van der Waals surface area contributed by atoms with Crippen LogP contribution in [0.1, 0.15) is 24.8 Å². The summed E-state index contributed by atoms with van der Waals surface area (Å²) >= 11 is 0. The lowest BCUT2D eigenvalue weighted by molar-refractivity contribution is -0.148. The molecule has 5 heteroatoms. The molecule has 1 fully saturated rings. The smallest absolute Gasteiger partial charge is 0.323 e. The van der Waals surface area contributed by atoms with Gasteiger partial charge < -0.3 is 4.74 Å². The largest absolute Gasteiger partial charge is 0.468 e. The molecule has 1 unspecified atom stereocenters. The second-order valence-electron chi connectivity index (χ2n) is 4.72. The lowest BCUT2D eigenvalue weighted by atomic mass is 10.0. The van der Waals surface area contributed by atoms with Crippen molar-refractivity contribution < 1.29 is 18.3 Å². The Morgan fingerprint density at radius 3 is 2.95 bits per heavy atom. The minimum atomic E-state index is -0.857. The van der Waals surface area contributed by atoms with Crippen molar-refractivity contribution in [3.63, 3.8) is 0 Å². The highest BCUT2D eigenvalue weighted by atomic mass is 19.2. The van der Waals surface area contributed by atoms with Gasteiger partial charge in [0.1, 0.15) is 6.04 Å². The third-order valence-corrected chi connectivity index (χ3v) is 3.49. The first-order valence-electron chi connectivity index (χ1n) is 6.38. The van der Waals surface area contributed by atoms with Gasteiger partial charge in [-0.3, -0.25) is 9.69 Å². The van der Waals surface area contributed by atoms with E-state index in [-0.39, 0.29) is 24.1 Å². The number of rotatable bonds is 3. The highest BCUT2D eigenvalue weighted by molar-refractivity contribution is 5.75. The van der Waals surface area contributed by atoms with E-state index in [9.17, 15) is 13.6 Å². The van der Waals surface area contributed by atoms with Crippen molar-refractivity contribution >= 4 is 5.97 Å². The van der Waals surface area contributed by atoms with E-state index in [0.29, 0.717) is 13.0 Å². The molecule has 2 rings (SSSR count). The van der Waals surface area contributed by atoms with Crippen LogP contribution < -0.4 is 0 Å². The molecule has 0 N–H and O–H groups in total. The molecule has 1 aromatic carbocycles. The third kappa shape index (κ3) is 3.10. The molecule has 1 saturated heterocycles. The van der Waals surface area contributed by atoms with Gasteiger partial charge in [-0.2, -0.15) is 0 Å². The first kappa shape index (κ1) is 13.9. The van der Waals surface area contributed by atoms with Crippen LogP contribution in [0.15, 0.2) is 18.2 Å². The molecule has 0 radical (unpaired) electrons. The number of likely N-dealkylation sites (tertiary alicyclic amines) is 1. The Kier molecular flexibility index (Phi) is 4.47. The maximum Gasteiger partial charge on any atom is 0.323 e. The summed E-state index contributed by atoms with van der Waals surface area (Å²) in [4.78, 5) is 13.5. The van der Waals surface area contributed by atoms with Crippen LogP contribution in [0.2, 0.25) is 0 Å². The predicted octanol–water partition coefficient (Wildman–Crippen LogP) is 2.49. The lowest BCUT2D eigenvalue weighted by Crippen LogP contribution is -2.44. The molecule has 104 valence electrons. The van der Waals surface area contributed by atoms with Crippen LogP contribution in [0.25, 0.3) is 0 Å². The van der Waals surface area contributed by atoms with Crippen LogP contribution in [0.3, 0.4) is 0 Å². The van der Waals surface area contributed by atoms with Crippen molar-refractivity contribution in [3.8, 4) is 0 Å². The number of hydrogen-bond donors (Lipinski definition) is 0. The van der Waals surface area contributed by atoms with E-state index < -0.39 is 11.6 Å². The molecule has 1 atom stereocenters. The van der Waals surface area contributed by atoms with Crippen molar-refractivity contribution in [1.29, 1.82) is 0 Å². The van der Waals surface area contributed by atoms with Gasteiger partial charge in [-0.25, -0.2) is 8.78 Å². The standard InChI is InChI=1S/C14H17F2NO2/c1-19-14(18)12-7-2-3-8-17(12)9-10-5-4-6-11(15)13(10)16/h4-6,12H,2-3,7-9H2,1H3. The Morgan fingerprint density at radius 1 is 1.42 bits per heavy atom. The molecule has 1 aliphatic heterocycles. The summed E-state index contributed by atoms with van der Waals surface area (Å²) in [6.07, 6.45) is 2.59. The van der Waals surface area contributed by atoms with E-state index in [1.54, 1.807) is 6.07 Å². The van der Waals surface area contributed by atoms with E-state index in [2.05, 4.69) is 0 Å². The van der Waals surface area contributed by atoms with E-state index in [4.69, 9.17) is 4.74 Å². The summed E-state index contributed by atoms with van der Waals surface area (Å²) in [5.74, 6) is -2.00. The zero-order valence-corrected chi connectivity index (χ0v) is 10.9. The number of hydrogen-bond acceptors (Lipinski definition) is 3. The Morgan fingerprint density at radius 2 is 2.21 bits per heavy atom. The average Bonchev–Trinajstić information content (AvgIpc) is 2.43. The summed E-state index contributed by atoms with van der Waals surface area (Å²) < 4.78 is 31.6. The molecule has 3 nitrogen and oxygen atoms in total. The fraction of sp³-hybridized carbons (Fsp3) is 0.500. The maximum atomic E-state index is 13.6. The van der Waals surface area contributed by atoms with E-state index in [0.717, 1.165) is 18.9 Å². The topological polar surface area (TPSA) is 29.5 Å². The summed E-state index contributed by atoms with van der Waals surface area (Å²) in [7, 11) is 1.35. The average molecular weight is 269 g/mol. The number of ether oxygens (including phenoxy) is 1. The van der Waals surface area contributed by atoms with Crippen LogP contribution >= 0.6 is 0 Å². The van der Waals surface area contributed by atoms with Gasteiger partial charge in [0, 0.05) is 12.1 Å². The summed E-state index contributed by atoms with van der Waals surface area (Å²) in [5, 5.41) is 0. The van der Waals surface area contributed by atoms with Crippen molar-refractivity contribution in [2.24, 2.45) is 0 Å². The van der Waals surface area contributed by atoms with Crippen LogP contribution in [0.5, 0.6) is 0 Å². The zero-order valence-electron chi connectivity index (χ0n) is 10.9. The monoisotopic (exact) mass is 269 g/mol. The molecular weight excluding hydrogens is 252 g/mol. The van der Waals surface area contributed by atoms with E-state index >= 15 is 0 Å². The second-order valence-corrected chi connectivity index (χ2v) is 4.72. The van der Waals surface area contributed by atoms with Gasteiger partial charge in [-0.15, -0.1) is 0 Å². The van der Waals surface area contributed by atoms with E-state index in [1.807, 2.05) is 4.90 Å². The predicted molar refractivity (Wildman–Crippen MR) is 66.4 cm³/mol. The summed E-state index contributed by atoms with van der Waals surface area (Å²) in [5.41, 5.74) is 0.274. The van der Waals surface area contributed by atoms with Crippen molar-refractivity contribution in [1.82, 2.24) is 4.90 Å². The highest BCUT2D eigenvalue weighted by Gasteiger charge is 2.30. The zero-order chi connectivity index (χ0) is 13.8. The van der Waals surface area contributed by atoms with Crippen molar-refractivity contribution in [2.75, 3.05) is 13.7 Å². The van der Waals surface area contributed by atoms with Crippen molar-refractivity contribution in [2.45, 2.75) is 31.8 Å². The first-order chi connectivity index (χ1) is 9.13. The third-order valence-electron chi connectivity index (χ3n) is 3.49. The van der Waals surface area contributed by atoms with Crippen LogP contribution in [0.4, 0.5) is 8.78 Å². The molecule has 0 aliphatic carbocycles. The normalized spacial score (nSPS) is 20.3. The minimum absolute atomic E-state index is 0.226. The number of benzene rings is 1. The Hall–Kier alpha value is -1.49. The number of nitrogens with zero attached hydrogens (tertiary/aromatic N) is 1. The second kappa shape index (κ2) is 6.10. The molecule has 0 aromatic heterocycles. The molecular formula is C14H17F2NO2. The lowest BCUT2D eigenvalue weighted by Gasteiger charge is -2.33. The Balaban J connectivity index is 2.15. The molecule has 0 amide bonds. The number of methoxy groups -OCH3 is 1. The summed E-state index contributed by atoms with van der Waals surface area (Å²) in [6.45, 7) is 0.916. The van der Waals surface area contributed by atoms with Crippen molar-refractivity contribution in [3.05, 3.63) is 35.4 Å². The minimum Gasteiger partial charge on any atom is -0.468 e. The van der Waals surface area contributed by atoms with Gasteiger partial charge in [0.25, 0.3) is 0 Å². The maximum absolute atomic E-state index is 13.6. The molecule has 0 spiro atoms. The van der Waals surface area contributed by atoms with Gasteiger partial charge in [-0.05, 0) is 25.5 Å². The SMILES string of the molecule is COC(=O)C1CCCCN1Cc1cccc(F)c1F. The summed E-state index contributed by atoms with van der Waals surface area (Å²) in [6, 6.07) is 3.75. The van der Waals surface area contributed by atoms with E-state index in [1.165, 1.54) is 13.2 Å². The molecule has 0 saturated carbocycles. The number of carbonyl (C=O) groups excluding carboxylic acids is 1. The van der Waals surface area contributed by atoms with Gasteiger partial charge in [-0.1, -0.05) is 18.6 Å². The highest BCUT2D eigenvalue weighted by Crippen LogP contribution is 2.22. The Bertz CT molecular complexity index is 465. The number of halogens is 2. The molecule has 1 aromatic rings. The van der Waals surface area contributed by atoms with Crippen LogP contribution in [-0.4, -0.2) is 30.6 Å². The fourth-order valence-corrected chi connectivity index (χ4v) is 2.47. The molecule has 0 bridgehead atoms. The fourth-order valence-electron chi connectivity index (χ4n) is 2.47. The quantitative estimate of drug-likeness (QED) is 0.790. The van der Waals surface area contributed by atoms with Gasteiger partial charge in [0.05, 0.1) is 7.11 Å². The first-order valence-corrected chi connectivity index (χ1v) is 6.38.